The van der Waals surface area contributed by atoms with Gasteiger partial charge in [0.15, 0.2) is 10.8 Å². The van der Waals surface area contributed by atoms with Gasteiger partial charge in [0.25, 0.3) is 5.56 Å². The minimum atomic E-state index is -0.538. The quantitative estimate of drug-likeness (QED) is 0.535. The summed E-state index contributed by atoms with van der Waals surface area (Å²) in [6.45, 7) is 3.62. The van der Waals surface area contributed by atoms with E-state index in [1.807, 2.05) is 6.92 Å². The predicted octanol–water partition coefficient (Wildman–Crippen LogP) is 2.29. The maximum absolute atomic E-state index is 13.2. The lowest BCUT2D eigenvalue weighted by atomic mass is 10.2. The number of ether oxygens (including phenoxy) is 2. The molecule has 1 amide bonds. The van der Waals surface area contributed by atoms with Gasteiger partial charge in [0, 0.05) is 25.7 Å². The van der Waals surface area contributed by atoms with Gasteiger partial charge in [-0.2, -0.15) is 0 Å². The molecule has 0 bridgehead atoms. The largest absolute Gasteiger partial charge is 0.497 e. The standard InChI is InChI=1S/C22H27N5O5S/c1-4-9-26-20(29)18-19(24-21(33-18)25-10-5-6-11-25)27(22(26)30)13-17(28)23-15-8-7-14(31-2)12-16(15)32-3/h7-8,12H,4-6,9-11,13H2,1-3H3,(H,23,28). The Balaban J connectivity index is 1.72. The summed E-state index contributed by atoms with van der Waals surface area (Å²) in [7, 11) is 3.04. The third-order valence-electron chi connectivity index (χ3n) is 5.56. The second-order valence-corrected chi connectivity index (χ2v) is 8.76. The molecule has 11 heteroatoms. The van der Waals surface area contributed by atoms with Crippen LogP contribution in [-0.2, 0) is 17.9 Å². The third-order valence-corrected chi connectivity index (χ3v) is 6.66. The van der Waals surface area contributed by atoms with Crippen LogP contribution in [0.3, 0.4) is 0 Å². The van der Waals surface area contributed by atoms with Crippen molar-refractivity contribution in [3.8, 4) is 11.5 Å². The Labute approximate surface area is 194 Å². The maximum atomic E-state index is 13.2. The SMILES string of the molecule is CCCn1c(=O)c2sc(N3CCCC3)nc2n(CC(=O)Nc2ccc(OC)cc2OC)c1=O. The second kappa shape index (κ2) is 9.65. The number of carbonyl (C=O) groups excluding carboxylic acids is 1. The van der Waals surface area contributed by atoms with E-state index in [2.05, 4.69) is 15.2 Å². The molecule has 1 N–H and O–H groups in total. The summed E-state index contributed by atoms with van der Waals surface area (Å²) in [6.07, 6.45) is 2.75. The van der Waals surface area contributed by atoms with E-state index in [0.29, 0.717) is 33.4 Å². The molecule has 0 unspecified atom stereocenters. The van der Waals surface area contributed by atoms with E-state index in [9.17, 15) is 14.4 Å². The monoisotopic (exact) mass is 473 g/mol. The molecule has 1 aromatic carbocycles. The lowest BCUT2D eigenvalue weighted by Crippen LogP contribution is -2.41. The molecule has 3 aromatic rings. The van der Waals surface area contributed by atoms with E-state index < -0.39 is 11.6 Å². The molecule has 10 nitrogen and oxygen atoms in total. The van der Waals surface area contributed by atoms with Gasteiger partial charge in [0.2, 0.25) is 5.91 Å². The smallest absolute Gasteiger partial charge is 0.333 e. The maximum Gasteiger partial charge on any atom is 0.333 e. The molecule has 1 aliphatic heterocycles. The Morgan fingerprint density at radius 3 is 2.58 bits per heavy atom. The molecule has 1 fully saturated rings. The van der Waals surface area contributed by atoms with E-state index in [4.69, 9.17) is 9.47 Å². The Kier molecular flexibility index (Phi) is 6.68. The number of benzene rings is 1. The molecule has 3 heterocycles. The van der Waals surface area contributed by atoms with Crippen LogP contribution in [-0.4, -0.2) is 47.3 Å². The van der Waals surface area contributed by atoms with Gasteiger partial charge in [-0.25, -0.2) is 9.78 Å². The second-order valence-electron chi connectivity index (χ2n) is 7.78. The van der Waals surface area contributed by atoms with Crippen molar-refractivity contribution in [1.29, 1.82) is 0 Å². The third kappa shape index (κ3) is 4.45. The van der Waals surface area contributed by atoms with E-state index in [1.165, 1.54) is 27.6 Å². The zero-order valence-corrected chi connectivity index (χ0v) is 19.7. The lowest BCUT2D eigenvalue weighted by molar-refractivity contribution is -0.116. The highest BCUT2D eigenvalue weighted by atomic mass is 32.1. The van der Waals surface area contributed by atoms with Crippen LogP contribution < -0.4 is 30.9 Å². The zero-order valence-electron chi connectivity index (χ0n) is 18.9. The highest BCUT2D eigenvalue weighted by molar-refractivity contribution is 7.22. The van der Waals surface area contributed by atoms with Gasteiger partial charge in [-0.05, 0) is 31.4 Å². The van der Waals surface area contributed by atoms with Gasteiger partial charge in [-0.1, -0.05) is 18.3 Å². The molecule has 1 aliphatic rings. The highest BCUT2D eigenvalue weighted by Crippen LogP contribution is 2.30. The normalized spacial score (nSPS) is 13.5. The molecule has 0 aliphatic carbocycles. The summed E-state index contributed by atoms with van der Waals surface area (Å²) in [5.41, 5.74) is -0.190. The number of hydrogen-bond acceptors (Lipinski definition) is 8. The number of anilines is 2. The molecule has 2 aromatic heterocycles. The zero-order chi connectivity index (χ0) is 23.5. The lowest BCUT2D eigenvalue weighted by Gasteiger charge is -2.14. The van der Waals surface area contributed by atoms with Crippen molar-refractivity contribution in [2.45, 2.75) is 39.3 Å². The fourth-order valence-electron chi connectivity index (χ4n) is 3.91. The van der Waals surface area contributed by atoms with Crippen LogP contribution in [0.4, 0.5) is 10.8 Å². The number of methoxy groups -OCH3 is 2. The summed E-state index contributed by atoms with van der Waals surface area (Å²) in [5.74, 6) is 0.590. The number of thiazole rings is 1. The average Bonchev–Trinajstić information content (AvgIpc) is 3.50. The molecule has 0 atom stereocenters. The fraction of sp³-hybridized carbons (Fsp3) is 0.455. The van der Waals surface area contributed by atoms with Crippen molar-refractivity contribution < 1.29 is 14.3 Å². The Bertz CT molecular complexity index is 1290. The molecule has 33 heavy (non-hydrogen) atoms. The Morgan fingerprint density at radius 1 is 1.15 bits per heavy atom. The number of fused-ring (bicyclic) bond motifs is 1. The van der Waals surface area contributed by atoms with Crippen molar-refractivity contribution in [1.82, 2.24) is 14.1 Å². The minimum Gasteiger partial charge on any atom is -0.497 e. The number of nitrogens with zero attached hydrogens (tertiary/aromatic N) is 4. The summed E-state index contributed by atoms with van der Waals surface area (Å²) in [4.78, 5) is 45.8. The van der Waals surface area contributed by atoms with Crippen LogP contribution in [0.2, 0.25) is 0 Å². The van der Waals surface area contributed by atoms with Crippen LogP contribution in [0, 0.1) is 0 Å². The number of rotatable bonds is 8. The fourth-order valence-corrected chi connectivity index (χ4v) is 4.98. The molecular formula is C22H27N5O5S. The molecule has 1 saturated heterocycles. The number of carbonyl (C=O) groups is 1. The molecule has 0 spiro atoms. The van der Waals surface area contributed by atoms with E-state index in [1.54, 1.807) is 25.3 Å². The van der Waals surface area contributed by atoms with Crippen molar-refractivity contribution in [2.24, 2.45) is 0 Å². The van der Waals surface area contributed by atoms with Crippen molar-refractivity contribution in [2.75, 3.05) is 37.5 Å². The van der Waals surface area contributed by atoms with Gasteiger partial charge < -0.3 is 19.7 Å². The first-order chi connectivity index (χ1) is 16.0. The van der Waals surface area contributed by atoms with E-state index in [0.717, 1.165) is 25.9 Å². The predicted molar refractivity (Wildman–Crippen MR) is 128 cm³/mol. The molecule has 0 saturated carbocycles. The molecule has 176 valence electrons. The Hall–Kier alpha value is -3.34. The number of hydrogen-bond donors (Lipinski definition) is 1. The topological polar surface area (TPSA) is 108 Å². The molecule has 4 rings (SSSR count). The minimum absolute atomic E-state index is 0.251. The van der Waals surface area contributed by atoms with Crippen molar-refractivity contribution in [3.63, 3.8) is 0 Å². The van der Waals surface area contributed by atoms with Crippen LogP contribution in [0.25, 0.3) is 10.3 Å². The molecule has 0 radical (unpaired) electrons. The summed E-state index contributed by atoms with van der Waals surface area (Å²) < 4.78 is 13.4. The van der Waals surface area contributed by atoms with Crippen LogP contribution in [0.5, 0.6) is 11.5 Å². The number of amides is 1. The number of nitrogens with one attached hydrogen (secondary N) is 1. The number of aromatic nitrogens is 3. The van der Waals surface area contributed by atoms with Gasteiger partial charge in [0.1, 0.15) is 22.7 Å². The highest BCUT2D eigenvalue weighted by Gasteiger charge is 2.23. The van der Waals surface area contributed by atoms with Gasteiger partial charge in [-0.15, -0.1) is 0 Å². The van der Waals surface area contributed by atoms with Gasteiger partial charge in [-0.3, -0.25) is 18.7 Å². The van der Waals surface area contributed by atoms with Crippen LogP contribution in [0.1, 0.15) is 26.2 Å². The van der Waals surface area contributed by atoms with E-state index >= 15 is 0 Å². The first-order valence-electron chi connectivity index (χ1n) is 10.9. The summed E-state index contributed by atoms with van der Waals surface area (Å²) in [5, 5.41) is 3.49. The Morgan fingerprint density at radius 2 is 1.91 bits per heavy atom. The average molecular weight is 474 g/mol. The van der Waals surface area contributed by atoms with Crippen LogP contribution in [0.15, 0.2) is 27.8 Å². The van der Waals surface area contributed by atoms with Crippen LogP contribution >= 0.6 is 11.3 Å². The molecular weight excluding hydrogens is 446 g/mol. The van der Waals surface area contributed by atoms with Gasteiger partial charge in [0.05, 0.1) is 19.9 Å². The summed E-state index contributed by atoms with van der Waals surface area (Å²) in [6, 6.07) is 5.02. The van der Waals surface area contributed by atoms with Crippen molar-refractivity contribution >= 4 is 38.4 Å². The first kappa shape index (κ1) is 22.8. The van der Waals surface area contributed by atoms with E-state index in [-0.39, 0.29) is 24.3 Å². The first-order valence-corrected chi connectivity index (χ1v) is 11.7. The van der Waals surface area contributed by atoms with Crippen molar-refractivity contribution in [3.05, 3.63) is 39.0 Å². The summed E-state index contributed by atoms with van der Waals surface area (Å²) >= 11 is 1.28. The van der Waals surface area contributed by atoms with Gasteiger partial charge >= 0.3 is 5.69 Å².